The van der Waals surface area contributed by atoms with Crippen molar-refractivity contribution < 1.29 is 9.53 Å². The van der Waals surface area contributed by atoms with Gasteiger partial charge in [-0.3, -0.25) is 4.79 Å². The number of ether oxygens (including phenoxy) is 1. The van der Waals surface area contributed by atoms with Gasteiger partial charge in [-0.25, -0.2) is 0 Å². The van der Waals surface area contributed by atoms with Crippen LogP contribution in [0.2, 0.25) is 5.02 Å². The van der Waals surface area contributed by atoms with E-state index in [1.165, 1.54) is 0 Å². The summed E-state index contributed by atoms with van der Waals surface area (Å²) in [6.07, 6.45) is 0. The molecule has 1 aromatic carbocycles. The summed E-state index contributed by atoms with van der Waals surface area (Å²) >= 11 is 6.03. The van der Waals surface area contributed by atoms with E-state index in [4.69, 9.17) is 22.1 Å². The van der Waals surface area contributed by atoms with Gasteiger partial charge in [0.15, 0.2) is 0 Å². The minimum atomic E-state index is -0.343. The Kier molecular flexibility index (Phi) is 5.44. The molecule has 5 heteroatoms. The van der Waals surface area contributed by atoms with Crippen molar-refractivity contribution in [3.63, 3.8) is 0 Å². The van der Waals surface area contributed by atoms with E-state index >= 15 is 0 Å². The fourth-order valence-electron chi connectivity index (χ4n) is 1.71. The monoisotopic (exact) mass is 270 g/mol. The lowest BCUT2D eigenvalue weighted by atomic mass is 10.0. The van der Waals surface area contributed by atoms with E-state index in [-0.39, 0.29) is 17.9 Å². The zero-order chi connectivity index (χ0) is 13.7. The van der Waals surface area contributed by atoms with Crippen LogP contribution in [0.5, 0.6) is 5.75 Å². The van der Waals surface area contributed by atoms with Gasteiger partial charge in [0.05, 0.1) is 18.2 Å². The van der Waals surface area contributed by atoms with Crippen molar-refractivity contribution in [2.24, 2.45) is 11.7 Å². The third-order valence-corrected chi connectivity index (χ3v) is 3.01. The smallest absolute Gasteiger partial charge is 0.234 e. The molecule has 0 fully saturated rings. The Bertz CT molecular complexity index is 421. The number of rotatable bonds is 6. The highest BCUT2D eigenvalue weighted by molar-refractivity contribution is 6.32. The number of hydrogen-bond acceptors (Lipinski definition) is 3. The number of hydrogen-bond donors (Lipinski definition) is 2. The van der Waals surface area contributed by atoms with Crippen LogP contribution in [-0.2, 0) is 11.3 Å². The highest BCUT2D eigenvalue weighted by Gasteiger charge is 2.18. The Morgan fingerprint density at radius 2 is 2.17 bits per heavy atom. The van der Waals surface area contributed by atoms with E-state index in [0.717, 1.165) is 5.56 Å². The Labute approximate surface area is 112 Å². The number of methoxy groups -OCH3 is 1. The molecule has 1 atom stereocenters. The zero-order valence-corrected chi connectivity index (χ0v) is 11.6. The van der Waals surface area contributed by atoms with Crippen molar-refractivity contribution in [3.8, 4) is 5.75 Å². The number of amides is 1. The number of halogens is 1. The summed E-state index contributed by atoms with van der Waals surface area (Å²) in [6, 6.07) is 5.17. The molecule has 1 rings (SSSR count). The number of primary amides is 1. The van der Waals surface area contributed by atoms with Gasteiger partial charge in [-0.15, -0.1) is 0 Å². The molecule has 0 spiro atoms. The maximum absolute atomic E-state index is 11.2. The van der Waals surface area contributed by atoms with E-state index in [1.807, 2.05) is 26.0 Å². The van der Waals surface area contributed by atoms with E-state index in [1.54, 1.807) is 13.2 Å². The molecule has 0 saturated carbocycles. The largest absolute Gasteiger partial charge is 0.495 e. The normalized spacial score (nSPS) is 12.5. The fourth-order valence-corrected chi connectivity index (χ4v) is 1.99. The maximum Gasteiger partial charge on any atom is 0.234 e. The molecule has 0 heterocycles. The lowest BCUT2D eigenvalue weighted by Gasteiger charge is -2.19. The minimum absolute atomic E-state index is 0.149. The van der Waals surface area contributed by atoms with Gasteiger partial charge in [0.2, 0.25) is 5.91 Å². The van der Waals surface area contributed by atoms with Crippen LogP contribution in [0.1, 0.15) is 19.4 Å². The van der Waals surface area contributed by atoms with E-state index < -0.39 is 0 Å². The van der Waals surface area contributed by atoms with Gasteiger partial charge in [-0.05, 0) is 23.6 Å². The number of nitrogens with two attached hydrogens (primary N) is 1. The molecule has 4 nitrogen and oxygen atoms in total. The first-order chi connectivity index (χ1) is 8.45. The Morgan fingerprint density at radius 3 is 2.61 bits per heavy atom. The molecule has 0 aliphatic rings. The minimum Gasteiger partial charge on any atom is -0.495 e. The van der Waals surface area contributed by atoms with Crippen LogP contribution in [0.25, 0.3) is 0 Å². The van der Waals surface area contributed by atoms with Crippen molar-refractivity contribution >= 4 is 17.5 Å². The summed E-state index contributed by atoms with van der Waals surface area (Å²) in [4.78, 5) is 11.2. The summed E-state index contributed by atoms with van der Waals surface area (Å²) in [5, 5.41) is 3.68. The average Bonchev–Trinajstić information content (AvgIpc) is 2.28. The molecule has 18 heavy (non-hydrogen) atoms. The van der Waals surface area contributed by atoms with Crippen LogP contribution < -0.4 is 15.8 Å². The van der Waals surface area contributed by atoms with E-state index in [9.17, 15) is 4.79 Å². The van der Waals surface area contributed by atoms with Crippen molar-refractivity contribution in [1.29, 1.82) is 0 Å². The zero-order valence-electron chi connectivity index (χ0n) is 10.9. The first-order valence-electron chi connectivity index (χ1n) is 5.80. The molecule has 0 aromatic heterocycles. The van der Waals surface area contributed by atoms with Crippen molar-refractivity contribution in [2.75, 3.05) is 7.11 Å². The highest BCUT2D eigenvalue weighted by Crippen LogP contribution is 2.24. The third kappa shape index (κ3) is 3.89. The molecule has 1 aromatic rings. The number of nitrogens with one attached hydrogen (secondary N) is 1. The van der Waals surface area contributed by atoms with Gasteiger partial charge < -0.3 is 15.8 Å². The van der Waals surface area contributed by atoms with Crippen LogP contribution in [0, 0.1) is 5.92 Å². The number of carbonyl (C=O) groups excluding carboxylic acids is 1. The average molecular weight is 271 g/mol. The molecule has 0 aliphatic heterocycles. The molecule has 1 unspecified atom stereocenters. The van der Waals surface area contributed by atoms with Gasteiger partial charge in [0, 0.05) is 6.54 Å². The van der Waals surface area contributed by atoms with Gasteiger partial charge in [0.1, 0.15) is 5.75 Å². The molecule has 1 amide bonds. The second kappa shape index (κ2) is 6.61. The van der Waals surface area contributed by atoms with Crippen LogP contribution in [0.3, 0.4) is 0 Å². The summed E-state index contributed by atoms with van der Waals surface area (Å²) in [7, 11) is 1.57. The van der Waals surface area contributed by atoms with Crippen LogP contribution in [0.15, 0.2) is 18.2 Å². The van der Waals surface area contributed by atoms with Gasteiger partial charge in [-0.1, -0.05) is 31.5 Å². The Hall–Kier alpha value is -1.26. The molecular formula is C13H19ClN2O2. The fraction of sp³-hybridized carbons (Fsp3) is 0.462. The molecule has 0 saturated heterocycles. The van der Waals surface area contributed by atoms with E-state index in [0.29, 0.717) is 17.3 Å². The first kappa shape index (κ1) is 14.8. The molecule has 0 bridgehead atoms. The molecule has 0 aliphatic carbocycles. The third-order valence-electron chi connectivity index (χ3n) is 2.72. The molecule has 100 valence electrons. The van der Waals surface area contributed by atoms with Crippen molar-refractivity contribution in [1.82, 2.24) is 5.32 Å². The molecule has 3 N–H and O–H groups in total. The van der Waals surface area contributed by atoms with Crippen LogP contribution >= 0.6 is 11.6 Å². The second-order valence-corrected chi connectivity index (χ2v) is 4.88. The first-order valence-corrected chi connectivity index (χ1v) is 6.18. The van der Waals surface area contributed by atoms with Crippen molar-refractivity contribution in [2.45, 2.75) is 26.4 Å². The maximum atomic E-state index is 11.2. The lowest BCUT2D eigenvalue weighted by Crippen LogP contribution is -2.44. The lowest BCUT2D eigenvalue weighted by molar-refractivity contribution is -0.121. The standard InChI is InChI=1S/C13H19ClN2O2/c1-8(2)12(13(15)17)16-7-9-4-5-11(18-3)10(14)6-9/h4-6,8,12,16H,7H2,1-3H3,(H2,15,17). The predicted octanol–water partition coefficient (Wildman–Crippen LogP) is 1.95. The van der Waals surface area contributed by atoms with Gasteiger partial charge in [0.25, 0.3) is 0 Å². The van der Waals surface area contributed by atoms with Crippen LogP contribution in [0.4, 0.5) is 0 Å². The van der Waals surface area contributed by atoms with E-state index in [2.05, 4.69) is 5.32 Å². The quantitative estimate of drug-likeness (QED) is 0.830. The second-order valence-electron chi connectivity index (χ2n) is 4.47. The van der Waals surface area contributed by atoms with Crippen LogP contribution in [-0.4, -0.2) is 19.1 Å². The summed E-state index contributed by atoms with van der Waals surface area (Å²) in [6.45, 7) is 4.43. The Balaban J connectivity index is 2.68. The summed E-state index contributed by atoms with van der Waals surface area (Å²) < 4.78 is 5.08. The van der Waals surface area contributed by atoms with Gasteiger partial charge >= 0.3 is 0 Å². The number of benzene rings is 1. The Morgan fingerprint density at radius 1 is 1.50 bits per heavy atom. The summed E-state index contributed by atoms with van der Waals surface area (Å²) in [5.41, 5.74) is 6.31. The topological polar surface area (TPSA) is 64.3 Å². The SMILES string of the molecule is COc1ccc(CNC(C(N)=O)C(C)C)cc1Cl. The van der Waals surface area contributed by atoms with Crippen molar-refractivity contribution in [3.05, 3.63) is 28.8 Å². The molecular weight excluding hydrogens is 252 g/mol. The summed E-state index contributed by atoms with van der Waals surface area (Å²) in [5.74, 6) is 0.441. The predicted molar refractivity (Wildman–Crippen MR) is 72.7 cm³/mol. The number of carbonyl (C=O) groups is 1. The highest BCUT2D eigenvalue weighted by atomic mass is 35.5. The molecule has 0 radical (unpaired) electrons. The van der Waals surface area contributed by atoms with Gasteiger partial charge in [-0.2, -0.15) is 0 Å².